The van der Waals surface area contributed by atoms with E-state index in [2.05, 4.69) is 22.9 Å². The second kappa shape index (κ2) is 8.95. The molecular weight excluding hydrogens is 456 g/mol. The molecule has 1 fully saturated rings. The normalized spacial score (nSPS) is 16.6. The van der Waals surface area contributed by atoms with Gasteiger partial charge in [0, 0.05) is 21.5 Å². The number of amides is 1. The average Bonchev–Trinajstić information content (AvgIpc) is 3.35. The molecule has 0 saturated carbocycles. The molecule has 0 aliphatic carbocycles. The maximum atomic E-state index is 13.5. The van der Waals surface area contributed by atoms with E-state index in [1.54, 1.807) is 28.0 Å². The van der Waals surface area contributed by atoms with Crippen LogP contribution < -0.4 is 4.90 Å². The van der Waals surface area contributed by atoms with E-state index in [9.17, 15) is 4.79 Å². The van der Waals surface area contributed by atoms with Crippen LogP contribution in [0.4, 0.5) is 5.13 Å². The van der Waals surface area contributed by atoms with Gasteiger partial charge in [0.05, 0.1) is 22.9 Å². The lowest BCUT2D eigenvalue weighted by Crippen LogP contribution is -2.37. The van der Waals surface area contributed by atoms with Crippen LogP contribution in [0.2, 0.25) is 0 Å². The molecule has 1 unspecified atom stereocenters. The summed E-state index contributed by atoms with van der Waals surface area (Å²) in [6, 6.07) is 13.9. The Kier molecular flexibility index (Phi) is 6.35. The fourth-order valence-electron chi connectivity index (χ4n) is 3.28. The maximum absolute atomic E-state index is 13.5. The molecule has 1 aliphatic heterocycles. The molecule has 1 aromatic heterocycles. The first-order valence-electron chi connectivity index (χ1n) is 9.36. The molecule has 0 spiro atoms. The maximum Gasteiger partial charge on any atom is 0.260 e. The number of thiazole rings is 1. The molecule has 1 saturated heterocycles. The predicted octanol–water partition coefficient (Wildman–Crippen LogP) is 6.00. The van der Waals surface area contributed by atoms with Crippen molar-refractivity contribution in [2.75, 3.05) is 23.8 Å². The van der Waals surface area contributed by atoms with Gasteiger partial charge in [-0.05, 0) is 55.0 Å². The molecule has 146 valence electrons. The van der Waals surface area contributed by atoms with Crippen LogP contribution in [-0.4, -0.2) is 35.9 Å². The zero-order valence-corrected chi connectivity index (χ0v) is 18.8. The zero-order valence-electron chi connectivity index (χ0n) is 15.6. The van der Waals surface area contributed by atoms with Crippen molar-refractivity contribution < 1.29 is 9.53 Å². The van der Waals surface area contributed by atoms with E-state index in [-0.39, 0.29) is 12.0 Å². The predicted molar refractivity (Wildman–Crippen MR) is 121 cm³/mol. The van der Waals surface area contributed by atoms with Crippen molar-refractivity contribution in [1.29, 1.82) is 0 Å². The third-order valence-corrected chi connectivity index (χ3v) is 7.03. The third-order valence-electron chi connectivity index (χ3n) is 4.62. The van der Waals surface area contributed by atoms with Gasteiger partial charge in [-0.1, -0.05) is 40.3 Å². The number of benzene rings is 2. The standard InChI is InChI=1S/C21H21BrN2O2S2/c1-2-27-17-7-3-5-14(11-17)20(25)24(13-16-6-4-10-26-16)21-23-18-9-8-15(22)12-19(18)28-21/h3,5,7-9,11-12,16H,2,4,6,10,13H2,1H3. The van der Waals surface area contributed by atoms with Crippen molar-refractivity contribution in [3.05, 3.63) is 52.5 Å². The second-order valence-corrected chi connectivity index (χ2v) is 9.88. The highest BCUT2D eigenvalue weighted by Crippen LogP contribution is 2.33. The fraction of sp³-hybridized carbons (Fsp3) is 0.333. The highest BCUT2D eigenvalue weighted by molar-refractivity contribution is 9.10. The van der Waals surface area contributed by atoms with Gasteiger partial charge in [0.15, 0.2) is 5.13 Å². The molecular formula is C21H21BrN2O2S2. The summed E-state index contributed by atoms with van der Waals surface area (Å²) in [5.41, 5.74) is 1.60. The molecule has 0 N–H and O–H groups in total. The molecule has 0 bridgehead atoms. The van der Waals surface area contributed by atoms with Gasteiger partial charge in [0.2, 0.25) is 0 Å². The van der Waals surface area contributed by atoms with Crippen LogP contribution in [0, 0.1) is 0 Å². The average molecular weight is 477 g/mol. The van der Waals surface area contributed by atoms with Crippen LogP contribution in [0.15, 0.2) is 51.8 Å². The second-order valence-electron chi connectivity index (χ2n) is 6.62. The first-order valence-corrected chi connectivity index (χ1v) is 12.0. The summed E-state index contributed by atoms with van der Waals surface area (Å²) in [6.07, 6.45) is 2.09. The quantitative estimate of drug-likeness (QED) is 0.409. The smallest absolute Gasteiger partial charge is 0.260 e. The first-order chi connectivity index (χ1) is 13.6. The van der Waals surface area contributed by atoms with E-state index in [0.717, 1.165) is 49.9 Å². The number of thioether (sulfide) groups is 1. The van der Waals surface area contributed by atoms with Crippen molar-refractivity contribution in [2.24, 2.45) is 0 Å². The lowest BCUT2D eigenvalue weighted by Gasteiger charge is -2.23. The van der Waals surface area contributed by atoms with Gasteiger partial charge in [0.1, 0.15) is 0 Å². The monoisotopic (exact) mass is 476 g/mol. The van der Waals surface area contributed by atoms with Crippen molar-refractivity contribution >= 4 is 60.3 Å². The number of hydrogen-bond donors (Lipinski definition) is 0. The Labute approximate surface area is 181 Å². The largest absolute Gasteiger partial charge is 0.376 e. The van der Waals surface area contributed by atoms with Gasteiger partial charge in [-0.3, -0.25) is 9.69 Å². The molecule has 3 aromatic rings. The minimum atomic E-state index is -0.0211. The number of ether oxygens (including phenoxy) is 1. The van der Waals surface area contributed by atoms with Crippen LogP contribution >= 0.6 is 39.0 Å². The van der Waals surface area contributed by atoms with Crippen LogP contribution in [-0.2, 0) is 4.74 Å². The molecule has 4 nitrogen and oxygen atoms in total. The van der Waals surface area contributed by atoms with Crippen LogP contribution in [0.5, 0.6) is 0 Å². The van der Waals surface area contributed by atoms with Crippen molar-refractivity contribution in [3.63, 3.8) is 0 Å². The Bertz CT molecular complexity index is 985. The van der Waals surface area contributed by atoms with Crippen molar-refractivity contribution in [2.45, 2.75) is 30.8 Å². The molecule has 0 radical (unpaired) electrons. The number of anilines is 1. The van der Waals surface area contributed by atoms with Gasteiger partial charge >= 0.3 is 0 Å². The summed E-state index contributed by atoms with van der Waals surface area (Å²) in [5.74, 6) is 0.955. The number of halogens is 1. The number of rotatable bonds is 6. The Morgan fingerprint density at radius 2 is 2.25 bits per heavy atom. The van der Waals surface area contributed by atoms with E-state index < -0.39 is 0 Å². The topological polar surface area (TPSA) is 42.4 Å². The molecule has 1 aliphatic rings. The summed E-state index contributed by atoms with van der Waals surface area (Å²) < 4.78 is 7.89. The highest BCUT2D eigenvalue weighted by Gasteiger charge is 2.27. The zero-order chi connectivity index (χ0) is 19.5. The van der Waals surface area contributed by atoms with Crippen molar-refractivity contribution in [3.8, 4) is 0 Å². The minimum Gasteiger partial charge on any atom is -0.376 e. The molecule has 1 atom stereocenters. The van der Waals surface area contributed by atoms with E-state index in [1.165, 1.54) is 0 Å². The van der Waals surface area contributed by atoms with Gasteiger partial charge in [0.25, 0.3) is 5.91 Å². The van der Waals surface area contributed by atoms with Crippen LogP contribution in [0.25, 0.3) is 10.2 Å². The molecule has 2 heterocycles. The Morgan fingerprint density at radius 3 is 3.04 bits per heavy atom. The molecule has 1 amide bonds. The van der Waals surface area contributed by atoms with Gasteiger partial charge in [-0.2, -0.15) is 0 Å². The number of hydrogen-bond acceptors (Lipinski definition) is 5. The van der Waals surface area contributed by atoms with Gasteiger partial charge in [-0.15, -0.1) is 11.8 Å². The van der Waals surface area contributed by atoms with Crippen molar-refractivity contribution in [1.82, 2.24) is 4.98 Å². The fourth-order valence-corrected chi connectivity index (χ4v) is 5.53. The number of fused-ring (bicyclic) bond motifs is 1. The summed E-state index contributed by atoms with van der Waals surface area (Å²) >= 11 is 6.80. The van der Waals surface area contributed by atoms with Crippen LogP contribution in [0.3, 0.4) is 0 Å². The number of nitrogens with zero attached hydrogens (tertiary/aromatic N) is 2. The minimum absolute atomic E-state index is 0.0211. The third kappa shape index (κ3) is 4.43. The summed E-state index contributed by atoms with van der Waals surface area (Å²) in [4.78, 5) is 21.1. The Hall–Kier alpha value is -1.41. The molecule has 28 heavy (non-hydrogen) atoms. The lowest BCUT2D eigenvalue weighted by atomic mass is 10.2. The molecule has 2 aromatic carbocycles. The summed E-state index contributed by atoms with van der Waals surface area (Å²) in [7, 11) is 0. The number of aromatic nitrogens is 1. The number of carbonyl (C=O) groups excluding carboxylic acids is 1. The van der Waals surface area contributed by atoms with E-state index >= 15 is 0 Å². The van der Waals surface area contributed by atoms with Gasteiger partial charge < -0.3 is 4.74 Å². The van der Waals surface area contributed by atoms with Crippen LogP contribution in [0.1, 0.15) is 30.1 Å². The summed E-state index contributed by atoms with van der Waals surface area (Å²) in [6.45, 7) is 3.41. The van der Waals surface area contributed by atoms with E-state index in [4.69, 9.17) is 9.72 Å². The first kappa shape index (κ1) is 19.9. The SMILES string of the molecule is CCSc1cccc(C(=O)N(CC2CCCO2)c2nc3ccc(Br)cc3s2)c1. The van der Waals surface area contributed by atoms with E-state index in [0.29, 0.717) is 12.1 Å². The van der Waals surface area contributed by atoms with E-state index in [1.807, 2.05) is 42.5 Å². The van der Waals surface area contributed by atoms with Gasteiger partial charge in [-0.25, -0.2) is 4.98 Å². The Balaban J connectivity index is 1.69. The molecule has 7 heteroatoms. The number of carbonyl (C=O) groups is 1. The highest BCUT2D eigenvalue weighted by atomic mass is 79.9. The Morgan fingerprint density at radius 1 is 1.36 bits per heavy atom. The molecule has 4 rings (SSSR count). The summed E-state index contributed by atoms with van der Waals surface area (Å²) in [5, 5.41) is 0.724. The lowest BCUT2D eigenvalue weighted by molar-refractivity contribution is 0.0917.